The molecular formula is C12H24N4. The van der Waals surface area contributed by atoms with E-state index in [9.17, 15) is 0 Å². The highest BCUT2D eigenvalue weighted by atomic mass is 15.4. The average molecular weight is 224 g/mol. The lowest BCUT2D eigenvalue weighted by Gasteiger charge is -2.21. The topological polar surface area (TPSA) is 42.7 Å². The minimum absolute atomic E-state index is 0.587. The van der Waals surface area contributed by atoms with Gasteiger partial charge >= 0.3 is 0 Å². The van der Waals surface area contributed by atoms with Crippen LogP contribution in [-0.2, 0) is 0 Å². The van der Waals surface area contributed by atoms with Crippen molar-refractivity contribution in [2.75, 3.05) is 11.9 Å². The Morgan fingerprint density at radius 2 is 2.00 bits per heavy atom. The first kappa shape index (κ1) is 13.0. The maximum absolute atomic E-state index is 4.42. The quantitative estimate of drug-likeness (QED) is 0.857. The van der Waals surface area contributed by atoms with Gasteiger partial charge in [0.25, 0.3) is 0 Å². The highest BCUT2D eigenvalue weighted by Gasteiger charge is 2.16. The number of nitrogens with zero attached hydrogens (tertiary/aromatic N) is 3. The second kappa shape index (κ2) is 7.25. The summed E-state index contributed by atoms with van der Waals surface area (Å²) in [6.45, 7) is 6.94. The molecule has 0 saturated heterocycles. The van der Waals surface area contributed by atoms with Gasteiger partial charge in [-0.1, -0.05) is 33.1 Å². The zero-order valence-corrected chi connectivity index (χ0v) is 10.7. The molecule has 0 spiro atoms. The van der Waals surface area contributed by atoms with E-state index in [4.69, 9.17) is 0 Å². The number of rotatable bonds is 3. The molecule has 1 aliphatic rings. The minimum Gasteiger partial charge on any atom is -0.353 e. The Hall–Kier alpha value is -1.06. The molecule has 1 N–H and O–H groups in total. The lowest BCUT2D eigenvalue weighted by Crippen LogP contribution is -2.13. The van der Waals surface area contributed by atoms with E-state index >= 15 is 0 Å². The SMILES string of the molecule is CC.CCNc1ncn(C2CCCCC2)n1. The third kappa shape index (κ3) is 3.51. The first-order valence-corrected chi connectivity index (χ1v) is 6.55. The largest absolute Gasteiger partial charge is 0.353 e. The van der Waals surface area contributed by atoms with Gasteiger partial charge in [0.05, 0.1) is 6.04 Å². The van der Waals surface area contributed by atoms with Crippen LogP contribution in [0, 0.1) is 0 Å². The van der Waals surface area contributed by atoms with Crippen LogP contribution >= 0.6 is 0 Å². The Labute approximate surface area is 98.5 Å². The van der Waals surface area contributed by atoms with Crippen molar-refractivity contribution in [1.29, 1.82) is 0 Å². The summed E-state index contributed by atoms with van der Waals surface area (Å²) in [5.74, 6) is 0.762. The predicted molar refractivity (Wildman–Crippen MR) is 67.7 cm³/mol. The molecule has 1 heterocycles. The molecular weight excluding hydrogens is 200 g/mol. The Morgan fingerprint density at radius 3 is 2.62 bits per heavy atom. The van der Waals surface area contributed by atoms with Gasteiger partial charge in [0, 0.05) is 6.54 Å². The maximum Gasteiger partial charge on any atom is 0.242 e. The molecule has 1 aromatic rings. The Bertz CT molecular complexity index is 276. The Kier molecular flexibility index (Phi) is 5.90. The Morgan fingerprint density at radius 1 is 1.31 bits per heavy atom. The van der Waals surface area contributed by atoms with E-state index in [1.807, 2.05) is 24.9 Å². The number of nitrogens with one attached hydrogen (secondary N) is 1. The smallest absolute Gasteiger partial charge is 0.242 e. The van der Waals surface area contributed by atoms with Crippen LogP contribution in [0.3, 0.4) is 0 Å². The molecule has 1 aromatic heterocycles. The molecule has 0 aliphatic heterocycles. The van der Waals surface area contributed by atoms with E-state index < -0.39 is 0 Å². The highest BCUT2D eigenvalue weighted by molar-refractivity contribution is 5.20. The van der Waals surface area contributed by atoms with E-state index in [2.05, 4.69) is 22.3 Å². The molecule has 0 radical (unpaired) electrons. The maximum atomic E-state index is 4.42. The zero-order valence-electron chi connectivity index (χ0n) is 10.7. The van der Waals surface area contributed by atoms with Crippen LogP contribution < -0.4 is 5.32 Å². The van der Waals surface area contributed by atoms with E-state index in [0.29, 0.717) is 6.04 Å². The summed E-state index contributed by atoms with van der Waals surface area (Å²) in [4.78, 5) is 4.22. The van der Waals surface area contributed by atoms with Crippen LogP contribution in [0.2, 0.25) is 0 Å². The van der Waals surface area contributed by atoms with Crippen LogP contribution in [-0.4, -0.2) is 21.3 Å². The molecule has 4 heteroatoms. The van der Waals surface area contributed by atoms with E-state index in [1.165, 1.54) is 32.1 Å². The van der Waals surface area contributed by atoms with E-state index in [0.717, 1.165) is 12.5 Å². The van der Waals surface area contributed by atoms with Crippen molar-refractivity contribution >= 4 is 5.95 Å². The summed E-state index contributed by atoms with van der Waals surface area (Å²) < 4.78 is 2.02. The lowest BCUT2D eigenvalue weighted by molar-refractivity contribution is 0.329. The molecule has 0 bridgehead atoms. The summed E-state index contributed by atoms with van der Waals surface area (Å²) in [6, 6.07) is 0.587. The lowest BCUT2D eigenvalue weighted by atomic mass is 9.96. The van der Waals surface area contributed by atoms with Crippen LogP contribution in [0.1, 0.15) is 58.9 Å². The molecule has 0 unspecified atom stereocenters. The van der Waals surface area contributed by atoms with Gasteiger partial charge in [0.1, 0.15) is 6.33 Å². The first-order valence-electron chi connectivity index (χ1n) is 6.55. The third-order valence-electron chi connectivity index (χ3n) is 2.79. The molecule has 0 aromatic carbocycles. The summed E-state index contributed by atoms with van der Waals surface area (Å²) in [5.41, 5.74) is 0. The molecule has 16 heavy (non-hydrogen) atoms. The van der Waals surface area contributed by atoms with Gasteiger partial charge in [-0.05, 0) is 19.8 Å². The fourth-order valence-corrected chi connectivity index (χ4v) is 2.04. The summed E-state index contributed by atoms with van der Waals surface area (Å²) in [5, 5.41) is 7.54. The summed E-state index contributed by atoms with van der Waals surface area (Å²) in [7, 11) is 0. The number of hydrogen-bond donors (Lipinski definition) is 1. The third-order valence-corrected chi connectivity index (χ3v) is 2.79. The van der Waals surface area contributed by atoms with Gasteiger partial charge < -0.3 is 5.32 Å². The number of anilines is 1. The normalized spacial score (nSPS) is 16.4. The molecule has 1 fully saturated rings. The van der Waals surface area contributed by atoms with Crippen LogP contribution in [0.15, 0.2) is 6.33 Å². The Balaban J connectivity index is 0.000000606. The van der Waals surface area contributed by atoms with Crippen LogP contribution in [0.5, 0.6) is 0 Å². The predicted octanol–water partition coefficient (Wildman–Crippen LogP) is 3.24. The highest BCUT2D eigenvalue weighted by Crippen LogP contribution is 2.27. The monoisotopic (exact) mass is 224 g/mol. The van der Waals surface area contributed by atoms with Crippen molar-refractivity contribution < 1.29 is 0 Å². The standard InChI is InChI=1S/C10H18N4.C2H6/c1-2-11-10-12-8-14(13-10)9-6-4-3-5-7-9;1-2/h8-9H,2-7H2,1H3,(H,11,13);1-2H3. The van der Waals surface area contributed by atoms with Gasteiger partial charge in [-0.25, -0.2) is 9.67 Å². The zero-order chi connectivity index (χ0) is 11.8. The molecule has 2 rings (SSSR count). The second-order valence-electron chi connectivity index (χ2n) is 3.87. The summed E-state index contributed by atoms with van der Waals surface area (Å²) >= 11 is 0. The molecule has 92 valence electrons. The summed E-state index contributed by atoms with van der Waals surface area (Å²) in [6.07, 6.45) is 8.42. The van der Waals surface area contributed by atoms with Crippen molar-refractivity contribution in [2.24, 2.45) is 0 Å². The van der Waals surface area contributed by atoms with Gasteiger partial charge in [-0.15, -0.1) is 5.10 Å². The molecule has 0 amide bonds. The number of aromatic nitrogens is 3. The molecule has 1 aliphatic carbocycles. The fourth-order valence-electron chi connectivity index (χ4n) is 2.04. The van der Waals surface area contributed by atoms with Crippen molar-refractivity contribution in [1.82, 2.24) is 14.8 Å². The minimum atomic E-state index is 0.587. The van der Waals surface area contributed by atoms with Gasteiger partial charge in [0.15, 0.2) is 0 Å². The van der Waals surface area contributed by atoms with Crippen molar-refractivity contribution in [3.63, 3.8) is 0 Å². The molecule has 4 nitrogen and oxygen atoms in total. The molecule has 1 saturated carbocycles. The van der Waals surface area contributed by atoms with E-state index in [-0.39, 0.29) is 0 Å². The number of hydrogen-bond acceptors (Lipinski definition) is 3. The van der Waals surface area contributed by atoms with Crippen LogP contribution in [0.4, 0.5) is 5.95 Å². The second-order valence-corrected chi connectivity index (χ2v) is 3.87. The van der Waals surface area contributed by atoms with Gasteiger partial charge in [-0.2, -0.15) is 0 Å². The van der Waals surface area contributed by atoms with Crippen LogP contribution in [0.25, 0.3) is 0 Å². The van der Waals surface area contributed by atoms with Crippen molar-refractivity contribution in [3.05, 3.63) is 6.33 Å². The average Bonchev–Trinajstić information content (AvgIpc) is 2.82. The van der Waals surface area contributed by atoms with Crippen molar-refractivity contribution in [3.8, 4) is 0 Å². The van der Waals surface area contributed by atoms with Gasteiger partial charge in [0.2, 0.25) is 5.95 Å². The molecule has 0 atom stereocenters. The van der Waals surface area contributed by atoms with Crippen molar-refractivity contribution in [2.45, 2.75) is 58.9 Å². The van der Waals surface area contributed by atoms with E-state index in [1.54, 1.807) is 0 Å². The fraction of sp³-hybridized carbons (Fsp3) is 0.833. The first-order chi connectivity index (χ1) is 7.90. The van der Waals surface area contributed by atoms with Gasteiger partial charge in [-0.3, -0.25) is 0 Å².